The molecule has 7 nitrogen and oxygen atoms in total. The molecule has 162 valence electrons. The van der Waals surface area contributed by atoms with Crippen molar-refractivity contribution in [3.05, 3.63) is 58.7 Å². The Morgan fingerprint density at radius 2 is 1.93 bits per heavy atom. The number of carbonyl (C=O) groups excluding carboxylic acids is 3. The molecule has 0 unspecified atom stereocenters. The first-order valence-electron chi connectivity index (χ1n) is 9.79. The fourth-order valence-electron chi connectivity index (χ4n) is 3.56. The second kappa shape index (κ2) is 9.82. The number of nitrogens with one attached hydrogen (secondary N) is 1. The number of methoxy groups -OCH3 is 1. The van der Waals surface area contributed by atoms with Gasteiger partial charge in [-0.05, 0) is 39.3 Å². The number of hydrogen-bond donors (Lipinski definition) is 2. The van der Waals surface area contributed by atoms with Gasteiger partial charge in [0.15, 0.2) is 11.5 Å². The summed E-state index contributed by atoms with van der Waals surface area (Å²) in [6, 6.07) is 0. The Morgan fingerprint density at radius 3 is 2.57 bits per heavy atom. The third-order valence-corrected chi connectivity index (χ3v) is 5.12. The summed E-state index contributed by atoms with van der Waals surface area (Å²) in [7, 11) is 1.34. The van der Waals surface area contributed by atoms with Crippen molar-refractivity contribution in [2.75, 3.05) is 13.7 Å². The van der Waals surface area contributed by atoms with Crippen LogP contribution in [-0.2, 0) is 23.9 Å². The van der Waals surface area contributed by atoms with Crippen LogP contribution in [0.2, 0.25) is 0 Å². The van der Waals surface area contributed by atoms with E-state index in [-0.39, 0.29) is 12.2 Å². The van der Waals surface area contributed by atoms with Crippen molar-refractivity contribution < 1.29 is 29.0 Å². The Labute approximate surface area is 176 Å². The normalized spacial score (nSPS) is 28.0. The highest BCUT2D eigenvalue weighted by atomic mass is 16.5. The minimum Gasteiger partial charge on any atom is -0.465 e. The van der Waals surface area contributed by atoms with Crippen LogP contribution in [-0.4, -0.2) is 48.3 Å². The maximum Gasteiger partial charge on any atom is 0.337 e. The summed E-state index contributed by atoms with van der Waals surface area (Å²) < 4.78 is 10.2. The standard InChI is InChI=1S/C23H29NO6/c1-6-17(22(27)29-5)13-15(3)12-14(2)8-7-9-16(4)19(25)18-20-23(28,10-11-30-20)24-21(18)26/h6-9,12-13,18,20,28H,10-11H2,1-5H3,(H,24,26)/b8-7+,14-12+,15-13+,16-9+,17-6+/t18-,20-,23+/m1/s1. The van der Waals surface area contributed by atoms with Crippen molar-refractivity contribution in [1.29, 1.82) is 0 Å². The second-order valence-corrected chi connectivity index (χ2v) is 7.52. The van der Waals surface area contributed by atoms with Gasteiger partial charge in [0, 0.05) is 6.42 Å². The van der Waals surface area contributed by atoms with E-state index in [4.69, 9.17) is 9.47 Å². The molecule has 2 aliphatic heterocycles. The van der Waals surface area contributed by atoms with Gasteiger partial charge in [-0.15, -0.1) is 0 Å². The van der Waals surface area contributed by atoms with Gasteiger partial charge < -0.3 is 19.9 Å². The molecule has 2 rings (SSSR count). The molecule has 0 aromatic carbocycles. The van der Waals surface area contributed by atoms with Gasteiger partial charge in [-0.2, -0.15) is 0 Å². The lowest BCUT2D eigenvalue weighted by Gasteiger charge is -2.21. The zero-order valence-corrected chi connectivity index (χ0v) is 18.0. The lowest BCUT2D eigenvalue weighted by Crippen LogP contribution is -2.45. The molecule has 2 fully saturated rings. The van der Waals surface area contributed by atoms with Gasteiger partial charge in [-0.25, -0.2) is 4.79 Å². The Bertz CT molecular complexity index is 876. The lowest BCUT2D eigenvalue weighted by atomic mass is 9.91. The van der Waals surface area contributed by atoms with Crippen molar-refractivity contribution >= 4 is 17.7 Å². The Balaban J connectivity index is 2.07. The molecule has 2 saturated heterocycles. The first kappa shape index (κ1) is 23.5. The molecular weight excluding hydrogens is 386 g/mol. The van der Waals surface area contributed by atoms with Crippen LogP contribution in [0.3, 0.4) is 0 Å². The third kappa shape index (κ3) is 5.23. The maximum atomic E-state index is 12.7. The number of amides is 1. The molecule has 30 heavy (non-hydrogen) atoms. The molecule has 0 spiro atoms. The van der Waals surface area contributed by atoms with Crippen LogP contribution in [0.1, 0.15) is 34.1 Å². The van der Waals surface area contributed by atoms with E-state index >= 15 is 0 Å². The fraction of sp³-hybridized carbons (Fsp3) is 0.435. The van der Waals surface area contributed by atoms with Crippen molar-refractivity contribution in [1.82, 2.24) is 5.32 Å². The van der Waals surface area contributed by atoms with Gasteiger partial charge in [0.05, 0.1) is 19.3 Å². The largest absolute Gasteiger partial charge is 0.465 e. The number of Topliss-reactive ketones (excluding diaryl/α,β-unsaturated/α-hetero) is 1. The summed E-state index contributed by atoms with van der Waals surface area (Å²) in [5, 5.41) is 12.9. The Hall–Kier alpha value is -2.77. The van der Waals surface area contributed by atoms with Crippen LogP contribution in [0.5, 0.6) is 0 Å². The average molecular weight is 415 g/mol. The number of carbonyl (C=O) groups is 3. The monoisotopic (exact) mass is 415 g/mol. The zero-order chi connectivity index (χ0) is 22.5. The first-order chi connectivity index (χ1) is 14.1. The number of ether oxygens (including phenoxy) is 2. The van der Waals surface area contributed by atoms with Crippen molar-refractivity contribution in [2.24, 2.45) is 5.92 Å². The van der Waals surface area contributed by atoms with E-state index in [0.717, 1.165) is 11.1 Å². The number of hydrogen-bond acceptors (Lipinski definition) is 6. The van der Waals surface area contributed by atoms with Crippen LogP contribution in [0, 0.1) is 5.92 Å². The zero-order valence-electron chi connectivity index (χ0n) is 18.0. The quantitative estimate of drug-likeness (QED) is 0.286. The number of fused-ring (bicyclic) bond motifs is 1. The summed E-state index contributed by atoms with van der Waals surface area (Å²) >= 11 is 0. The van der Waals surface area contributed by atoms with Crippen LogP contribution < -0.4 is 5.32 Å². The highest BCUT2D eigenvalue weighted by Gasteiger charge is 2.58. The van der Waals surface area contributed by atoms with Crippen molar-refractivity contribution in [3.8, 4) is 0 Å². The fourth-order valence-corrected chi connectivity index (χ4v) is 3.56. The van der Waals surface area contributed by atoms with Gasteiger partial charge in [-0.1, -0.05) is 41.5 Å². The van der Waals surface area contributed by atoms with Gasteiger partial charge >= 0.3 is 5.97 Å². The van der Waals surface area contributed by atoms with Gasteiger partial charge in [0.25, 0.3) is 0 Å². The minimum absolute atomic E-state index is 0.275. The molecule has 2 N–H and O–H groups in total. The van der Waals surface area contributed by atoms with Crippen molar-refractivity contribution in [3.63, 3.8) is 0 Å². The van der Waals surface area contributed by atoms with Gasteiger partial charge in [-0.3, -0.25) is 9.59 Å². The molecule has 2 aliphatic rings. The van der Waals surface area contributed by atoms with E-state index in [2.05, 4.69) is 5.32 Å². The summed E-state index contributed by atoms with van der Waals surface area (Å²) in [6.45, 7) is 7.46. The number of allylic oxidation sites excluding steroid dienone is 8. The smallest absolute Gasteiger partial charge is 0.337 e. The molecule has 3 atom stereocenters. The molecule has 0 aromatic heterocycles. The summed E-state index contributed by atoms with van der Waals surface area (Å²) in [5.74, 6) is -2.31. The molecule has 0 aliphatic carbocycles. The SMILES string of the molecule is C\C=C(/C=C(C)/C=C(C)/C=C/C=C(\C)C(=O)[C@H]1C(=O)N[C@]2(O)CCO[C@H]12)C(=O)OC. The van der Waals surface area contributed by atoms with E-state index in [9.17, 15) is 19.5 Å². The lowest BCUT2D eigenvalue weighted by molar-refractivity contribution is -0.136. The van der Waals surface area contributed by atoms with Crippen LogP contribution in [0.15, 0.2) is 58.7 Å². The van der Waals surface area contributed by atoms with E-state index in [1.165, 1.54) is 7.11 Å². The van der Waals surface area contributed by atoms with E-state index in [1.54, 1.807) is 38.2 Å². The highest BCUT2D eigenvalue weighted by molar-refractivity contribution is 6.11. The molecule has 1 amide bonds. The molecule has 0 aromatic rings. The summed E-state index contributed by atoms with van der Waals surface area (Å²) in [6.07, 6.45) is 9.90. The van der Waals surface area contributed by atoms with Gasteiger partial charge in [0.1, 0.15) is 12.0 Å². The summed E-state index contributed by atoms with van der Waals surface area (Å²) in [4.78, 5) is 36.5. The molecule has 0 bridgehead atoms. The van der Waals surface area contributed by atoms with E-state index in [0.29, 0.717) is 17.8 Å². The topological polar surface area (TPSA) is 102 Å². The molecule has 0 radical (unpaired) electrons. The average Bonchev–Trinajstić information content (AvgIpc) is 3.16. The molecule has 0 saturated carbocycles. The predicted octanol–water partition coefficient (Wildman–Crippen LogP) is 2.29. The van der Waals surface area contributed by atoms with Crippen LogP contribution in [0.4, 0.5) is 0 Å². The maximum absolute atomic E-state index is 12.7. The molecular formula is C23H29NO6. The number of ketones is 1. The van der Waals surface area contributed by atoms with E-state index < -0.39 is 29.6 Å². The number of rotatable bonds is 7. The predicted molar refractivity (Wildman–Crippen MR) is 112 cm³/mol. The van der Waals surface area contributed by atoms with Gasteiger partial charge in [0.2, 0.25) is 5.91 Å². The summed E-state index contributed by atoms with van der Waals surface area (Å²) in [5.41, 5.74) is 1.19. The van der Waals surface area contributed by atoms with Crippen molar-refractivity contribution in [2.45, 2.75) is 45.9 Å². The second-order valence-electron chi connectivity index (χ2n) is 7.52. The van der Waals surface area contributed by atoms with E-state index in [1.807, 2.05) is 26.0 Å². The van der Waals surface area contributed by atoms with Crippen LogP contribution in [0.25, 0.3) is 0 Å². The Morgan fingerprint density at radius 1 is 1.23 bits per heavy atom. The number of esters is 1. The highest BCUT2D eigenvalue weighted by Crippen LogP contribution is 2.36. The molecule has 7 heteroatoms. The third-order valence-electron chi connectivity index (χ3n) is 5.12. The Kier molecular flexibility index (Phi) is 7.70. The first-order valence-corrected chi connectivity index (χ1v) is 9.79. The molecule has 2 heterocycles. The minimum atomic E-state index is -1.45. The number of aliphatic hydroxyl groups is 1. The van der Waals surface area contributed by atoms with Crippen LogP contribution >= 0.6 is 0 Å².